The molecule has 1 fully saturated rings. The molecule has 9 nitrogen and oxygen atoms in total. The Labute approximate surface area is 163 Å². The highest BCUT2D eigenvalue weighted by molar-refractivity contribution is 5.97. The second kappa shape index (κ2) is 7.95. The predicted octanol–water partition coefficient (Wildman–Crippen LogP) is 1.41. The van der Waals surface area contributed by atoms with Gasteiger partial charge < -0.3 is 20.3 Å². The maximum atomic E-state index is 12.3. The number of nitrogens with one attached hydrogen (secondary N) is 2. The van der Waals surface area contributed by atoms with E-state index in [0.717, 1.165) is 16.7 Å². The molecule has 1 aliphatic heterocycles. The number of carbonyl (C=O) groups excluding carboxylic acids is 2. The van der Waals surface area contributed by atoms with Gasteiger partial charge in [-0.1, -0.05) is 0 Å². The van der Waals surface area contributed by atoms with Crippen LogP contribution in [0.1, 0.15) is 19.8 Å². The van der Waals surface area contributed by atoms with Crippen molar-refractivity contribution >= 4 is 34.4 Å². The van der Waals surface area contributed by atoms with Crippen molar-refractivity contribution in [3.8, 4) is 0 Å². The average Bonchev–Trinajstić information content (AvgIpc) is 2.91. The monoisotopic (exact) mass is 389 g/mol. The topological polar surface area (TPSA) is 97.6 Å². The molecule has 28 heavy (non-hydrogen) atoms. The number of rotatable bonds is 4. The number of imidazole rings is 1. The second-order valence-corrected chi connectivity index (χ2v) is 6.98. The van der Waals surface area contributed by atoms with Gasteiger partial charge >= 0.3 is 17.7 Å². The van der Waals surface area contributed by atoms with Gasteiger partial charge in [-0.25, -0.2) is 9.59 Å². The van der Waals surface area contributed by atoms with Crippen LogP contribution in [0.5, 0.6) is 0 Å². The van der Waals surface area contributed by atoms with Gasteiger partial charge in [0.15, 0.2) is 0 Å². The Morgan fingerprint density at radius 2 is 1.75 bits per heavy atom. The maximum Gasteiger partial charge on any atom is 0.328 e. The molecule has 2 N–H and O–H groups in total. The zero-order valence-electron chi connectivity index (χ0n) is 16.7. The van der Waals surface area contributed by atoms with Crippen molar-refractivity contribution < 1.29 is 14.3 Å². The number of urea groups is 1. The van der Waals surface area contributed by atoms with E-state index in [2.05, 4.69) is 15.5 Å². The smallest absolute Gasteiger partial charge is 0.328 e. The molecule has 0 unspecified atom stereocenters. The molecular weight excluding hydrogens is 362 g/mol. The van der Waals surface area contributed by atoms with Crippen molar-refractivity contribution in [2.45, 2.75) is 19.8 Å². The summed E-state index contributed by atoms with van der Waals surface area (Å²) in [4.78, 5) is 38.4. The number of hydrogen-bond donors (Lipinski definition) is 2. The first-order chi connectivity index (χ1) is 13.4. The van der Waals surface area contributed by atoms with E-state index >= 15 is 0 Å². The Kier molecular flexibility index (Phi) is 5.62. The molecule has 0 aliphatic carbocycles. The first kappa shape index (κ1) is 19.8. The number of aromatic nitrogens is 2. The molecule has 0 radical (unpaired) electrons. The van der Waals surface area contributed by atoms with Gasteiger partial charge in [0.1, 0.15) is 0 Å². The van der Waals surface area contributed by atoms with E-state index in [-0.39, 0.29) is 23.6 Å². The van der Waals surface area contributed by atoms with Gasteiger partial charge in [-0.3, -0.25) is 13.9 Å². The van der Waals surface area contributed by atoms with Crippen LogP contribution in [-0.4, -0.2) is 47.9 Å². The summed E-state index contributed by atoms with van der Waals surface area (Å²) in [7, 11) is 4.99. The summed E-state index contributed by atoms with van der Waals surface area (Å²) in [6.45, 7) is 3.53. The Morgan fingerprint density at radius 1 is 1.14 bits per heavy atom. The minimum Gasteiger partial charge on any atom is -0.466 e. The molecule has 0 bridgehead atoms. The van der Waals surface area contributed by atoms with Gasteiger partial charge in [-0.15, -0.1) is 0 Å². The number of benzene rings is 1. The fourth-order valence-electron chi connectivity index (χ4n) is 3.70. The third-order valence-corrected chi connectivity index (χ3v) is 5.32. The molecule has 1 aromatic carbocycles. The SMILES string of the molecule is CCOC(=O)C1CCN(c2cc3c(cc2NC(=O)NC)n(C)c(=O)n3C)CC1. The Morgan fingerprint density at radius 3 is 2.32 bits per heavy atom. The van der Waals surface area contributed by atoms with E-state index in [1.54, 1.807) is 30.3 Å². The van der Waals surface area contributed by atoms with Crippen molar-refractivity contribution in [2.75, 3.05) is 37.0 Å². The number of hydrogen-bond acceptors (Lipinski definition) is 5. The minimum absolute atomic E-state index is 0.101. The minimum atomic E-state index is -0.331. The molecule has 2 amide bonds. The summed E-state index contributed by atoms with van der Waals surface area (Å²) in [6.07, 6.45) is 1.37. The lowest BCUT2D eigenvalue weighted by Crippen LogP contribution is -2.37. The number of fused-ring (bicyclic) bond motifs is 1. The lowest BCUT2D eigenvalue weighted by atomic mass is 9.96. The van der Waals surface area contributed by atoms with E-state index in [4.69, 9.17) is 4.74 Å². The normalized spacial score (nSPS) is 14.9. The van der Waals surface area contributed by atoms with Gasteiger partial charge in [0.05, 0.1) is 34.9 Å². The number of piperidine rings is 1. The summed E-state index contributed by atoms with van der Waals surface area (Å²) in [5.41, 5.74) is 2.86. The summed E-state index contributed by atoms with van der Waals surface area (Å²) >= 11 is 0. The largest absolute Gasteiger partial charge is 0.466 e. The molecule has 1 saturated heterocycles. The molecule has 2 aromatic rings. The zero-order valence-corrected chi connectivity index (χ0v) is 16.7. The lowest BCUT2D eigenvalue weighted by molar-refractivity contribution is -0.148. The number of carbonyl (C=O) groups is 2. The van der Waals surface area contributed by atoms with Crippen LogP contribution in [0.25, 0.3) is 11.0 Å². The third kappa shape index (κ3) is 3.56. The standard InChI is InChI=1S/C19H27N5O4/c1-5-28-17(25)12-6-8-24(9-7-12)14-11-16-15(22(3)19(27)23(16)4)10-13(14)21-18(26)20-2/h10-12H,5-9H2,1-4H3,(H2,20,21,26). The van der Waals surface area contributed by atoms with Crippen LogP contribution in [0.3, 0.4) is 0 Å². The summed E-state index contributed by atoms with van der Waals surface area (Å²) < 4.78 is 8.29. The molecule has 152 valence electrons. The third-order valence-electron chi connectivity index (χ3n) is 5.32. The Balaban J connectivity index is 1.96. The summed E-state index contributed by atoms with van der Waals surface area (Å²) in [5, 5.41) is 5.41. The highest BCUT2D eigenvalue weighted by atomic mass is 16.5. The van der Waals surface area contributed by atoms with Gasteiger partial charge in [-0.05, 0) is 31.9 Å². The van der Waals surface area contributed by atoms with Gasteiger partial charge in [-0.2, -0.15) is 0 Å². The molecular formula is C19H27N5O4. The number of nitrogens with zero attached hydrogens (tertiary/aromatic N) is 3. The van der Waals surface area contributed by atoms with Crippen LogP contribution >= 0.6 is 0 Å². The average molecular weight is 389 g/mol. The maximum absolute atomic E-state index is 12.3. The molecule has 9 heteroatoms. The molecule has 3 rings (SSSR count). The first-order valence-corrected chi connectivity index (χ1v) is 9.47. The molecule has 0 atom stereocenters. The number of esters is 1. The van der Waals surface area contributed by atoms with Crippen LogP contribution in [0.2, 0.25) is 0 Å². The van der Waals surface area contributed by atoms with E-state index in [9.17, 15) is 14.4 Å². The van der Waals surface area contributed by atoms with E-state index in [1.165, 1.54) is 0 Å². The highest BCUT2D eigenvalue weighted by Gasteiger charge is 2.28. The van der Waals surface area contributed by atoms with Gasteiger partial charge in [0.25, 0.3) is 0 Å². The van der Waals surface area contributed by atoms with Gasteiger partial charge in [0.2, 0.25) is 0 Å². The number of ether oxygens (including phenoxy) is 1. The van der Waals surface area contributed by atoms with Crippen LogP contribution in [0.15, 0.2) is 16.9 Å². The van der Waals surface area contributed by atoms with E-state index in [0.29, 0.717) is 38.2 Å². The predicted molar refractivity (Wildman–Crippen MR) is 108 cm³/mol. The Bertz CT molecular complexity index is 953. The number of aryl methyl sites for hydroxylation is 2. The van der Waals surface area contributed by atoms with Crippen molar-refractivity contribution in [3.05, 3.63) is 22.6 Å². The van der Waals surface area contributed by atoms with E-state index in [1.807, 2.05) is 19.1 Å². The Hall–Kier alpha value is -2.97. The van der Waals surface area contributed by atoms with Crippen molar-refractivity contribution in [2.24, 2.45) is 20.0 Å². The number of anilines is 2. The first-order valence-electron chi connectivity index (χ1n) is 9.47. The fourth-order valence-corrected chi connectivity index (χ4v) is 3.70. The van der Waals surface area contributed by atoms with Crippen molar-refractivity contribution in [3.63, 3.8) is 0 Å². The second-order valence-electron chi connectivity index (χ2n) is 6.98. The van der Waals surface area contributed by atoms with Crippen LogP contribution in [-0.2, 0) is 23.6 Å². The quantitative estimate of drug-likeness (QED) is 0.771. The fraction of sp³-hybridized carbons (Fsp3) is 0.526. The van der Waals surface area contributed by atoms with Crippen molar-refractivity contribution in [1.82, 2.24) is 14.5 Å². The molecule has 0 saturated carbocycles. The van der Waals surface area contributed by atoms with Gasteiger partial charge in [0, 0.05) is 34.2 Å². The zero-order chi connectivity index (χ0) is 20.4. The lowest BCUT2D eigenvalue weighted by Gasteiger charge is -2.34. The molecule has 1 aromatic heterocycles. The van der Waals surface area contributed by atoms with Crippen LogP contribution < -0.4 is 21.2 Å². The van der Waals surface area contributed by atoms with E-state index < -0.39 is 0 Å². The molecule has 1 aliphatic rings. The van der Waals surface area contributed by atoms with Crippen molar-refractivity contribution in [1.29, 1.82) is 0 Å². The number of amides is 2. The van der Waals surface area contributed by atoms with Crippen LogP contribution in [0, 0.1) is 5.92 Å². The highest BCUT2D eigenvalue weighted by Crippen LogP contribution is 2.34. The van der Waals surface area contributed by atoms with Crippen LogP contribution in [0.4, 0.5) is 16.2 Å². The molecule has 0 spiro atoms. The summed E-state index contributed by atoms with van der Waals surface area (Å²) in [5.74, 6) is -0.247. The summed E-state index contributed by atoms with van der Waals surface area (Å²) in [6, 6.07) is 3.41. The molecule has 2 heterocycles.